The third-order valence-corrected chi connectivity index (χ3v) is 6.82. The van der Waals surface area contributed by atoms with Gasteiger partial charge in [-0.1, -0.05) is 12.1 Å². The highest BCUT2D eigenvalue weighted by Gasteiger charge is 2.37. The lowest BCUT2D eigenvalue weighted by atomic mass is 9.87. The van der Waals surface area contributed by atoms with Crippen LogP contribution < -0.4 is 5.73 Å². The van der Waals surface area contributed by atoms with E-state index in [0.29, 0.717) is 29.9 Å². The Bertz CT molecular complexity index is 1310. The van der Waals surface area contributed by atoms with Gasteiger partial charge in [-0.15, -0.1) is 0 Å². The molecule has 0 saturated heterocycles. The fourth-order valence-electron chi connectivity index (χ4n) is 5.02. The summed E-state index contributed by atoms with van der Waals surface area (Å²) in [6, 6.07) is 7.41. The normalized spacial score (nSPS) is 21.0. The van der Waals surface area contributed by atoms with Crippen molar-refractivity contribution in [3.63, 3.8) is 0 Å². The molecule has 3 N–H and O–H groups in total. The molecule has 0 unspecified atom stereocenters. The Morgan fingerprint density at radius 1 is 1.24 bits per heavy atom. The molecule has 3 atom stereocenters. The smallest absolute Gasteiger partial charge is 0.224 e. The molecule has 3 aromatic heterocycles. The third kappa shape index (κ3) is 3.70. The van der Waals surface area contributed by atoms with E-state index in [4.69, 9.17) is 5.73 Å². The lowest BCUT2D eigenvalue weighted by Crippen LogP contribution is -2.50. The van der Waals surface area contributed by atoms with Crippen LogP contribution in [0.1, 0.15) is 37.5 Å². The van der Waals surface area contributed by atoms with Crippen LogP contribution in [0, 0.1) is 6.92 Å². The Hall–Kier alpha value is -3.53. The molecule has 0 radical (unpaired) electrons. The number of aliphatic hydroxyl groups is 1. The number of para-hydroxylation sites is 2. The summed E-state index contributed by atoms with van der Waals surface area (Å²) >= 11 is 0. The molecule has 0 spiro atoms. The molecule has 0 bridgehead atoms. The fourth-order valence-corrected chi connectivity index (χ4v) is 5.02. The van der Waals surface area contributed by atoms with Crippen molar-refractivity contribution in [1.29, 1.82) is 0 Å². The average Bonchev–Trinajstić information content (AvgIpc) is 3.38. The van der Waals surface area contributed by atoms with Crippen molar-refractivity contribution >= 4 is 33.9 Å². The molecule has 1 aliphatic rings. The Balaban J connectivity index is 1.31. The molecular weight excluding hydrogens is 420 g/mol. The zero-order valence-corrected chi connectivity index (χ0v) is 18.8. The Labute approximate surface area is 191 Å². The van der Waals surface area contributed by atoms with E-state index in [1.54, 1.807) is 18.3 Å². The first kappa shape index (κ1) is 21.3. The van der Waals surface area contributed by atoms with E-state index in [1.165, 1.54) is 6.33 Å². The van der Waals surface area contributed by atoms with E-state index in [1.807, 2.05) is 35.8 Å². The summed E-state index contributed by atoms with van der Waals surface area (Å²) < 4.78 is 3.94. The maximum atomic E-state index is 13.1. The molecule has 0 aliphatic heterocycles. The molecule has 1 aromatic carbocycles. The third-order valence-electron chi connectivity index (χ3n) is 6.82. The summed E-state index contributed by atoms with van der Waals surface area (Å²) in [5.41, 5.74) is 9.00. The van der Waals surface area contributed by atoms with E-state index < -0.39 is 6.10 Å². The van der Waals surface area contributed by atoms with Crippen molar-refractivity contribution < 1.29 is 9.90 Å². The van der Waals surface area contributed by atoms with Gasteiger partial charge in [0.15, 0.2) is 11.5 Å². The van der Waals surface area contributed by atoms with E-state index >= 15 is 0 Å². The first-order chi connectivity index (χ1) is 16.0. The molecule has 5 rings (SSSR count). The van der Waals surface area contributed by atoms with Crippen LogP contribution in [-0.2, 0) is 11.3 Å². The number of fused-ring (bicyclic) bond motifs is 2. The van der Waals surface area contributed by atoms with Crippen molar-refractivity contribution in [1.82, 2.24) is 34.0 Å². The Morgan fingerprint density at radius 3 is 2.91 bits per heavy atom. The molecule has 172 valence electrons. The van der Waals surface area contributed by atoms with Gasteiger partial charge >= 0.3 is 0 Å². The molecule has 10 heteroatoms. The summed E-state index contributed by atoms with van der Waals surface area (Å²) in [6.07, 6.45) is 5.06. The van der Waals surface area contributed by atoms with Gasteiger partial charge in [0.2, 0.25) is 5.91 Å². The number of aryl methyl sites for hydroxylation is 2. The van der Waals surface area contributed by atoms with Crippen LogP contribution in [0.2, 0.25) is 0 Å². The van der Waals surface area contributed by atoms with Crippen molar-refractivity contribution in [3.8, 4) is 0 Å². The predicted molar refractivity (Wildman–Crippen MR) is 124 cm³/mol. The van der Waals surface area contributed by atoms with Crippen LogP contribution in [0.25, 0.3) is 22.2 Å². The Morgan fingerprint density at radius 2 is 2.06 bits per heavy atom. The number of nitrogens with two attached hydrogens (primary N) is 1. The first-order valence-electron chi connectivity index (χ1n) is 11.2. The summed E-state index contributed by atoms with van der Waals surface area (Å²) in [7, 11) is 1.78. The van der Waals surface area contributed by atoms with Gasteiger partial charge in [0, 0.05) is 20.0 Å². The molecule has 33 heavy (non-hydrogen) atoms. The minimum atomic E-state index is -0.739. The lowest BCUT2D eigenvalue weighted by molar-refractivity contribution is -0.136. The van der Waals surface area contributed by atoms with Gasteiger partial charge in [0.25, 0.3) is 0 Å². The molecule has 1 saturated carbocycles. The maximum Gasteiger partial charge on any atom is 0.224 e. The molecule has 3 heterocycles. The van der Waals surface area contributed by atoms with Gasteiger partial charge in [0.05, 0.1) is 35.5 Å². The predicted octanol–water partition coefficient (Wildman–Crippen LogP) is 2.07. The highest BCUT2D eigenvalue weighted by Crippen LogP contribution is 2.34. The minimum absolute atomic E-state index is 0.000982. The number of imidazole rings is 2. The van der Waals surface area contributed by atoms with Crippen molar-refractivity contribution in [2.75, 3.05) is 12.8 Å². The van der Waals surface area contributed by atoms with Gasteiger partial charge < -0.3 is 24.9 Å². The second-order valence-electron chi connectivity index (χ2n) is 8.69. The van der Waals surface area contributed by atoms with Crippen LogP contribution >= 0.6 is 0 Å². The van der Waals surface area contributed by atoms with Crippen LogP contribution in [-0.4, -0.2) is 64.2 Å². The summed E-state index contributed by atoms with van der Waals surface area (Å²) in [5.74, 6) is 1.20. The summed E-state index contributed by atoms with van der Waals surface area (Å²) in [5, 5.41) is 11.3. The van der Waals surface area contributed by atoms with Crippen LogP contribution in [0.3, 0.4) is 0 Å². The van der Waals surface area contributed by atoms with Crippen molar-refractivity contribution in [2.45, 2.75) is 57.3 Å². The van der Waals surface area contributed by atoms with Crippen molar-refractivity contribution in [2.24, 2.45) is 0 Å². The van der Waals surface area contributed by atoms with Crippen LogP contribution in [0.4, 0.5) is 5.82 Å². The summed E-state index contributed by atoms with van der Waals surface area (Å²) in [6.45, 7) is 2.50. The topological polar surface area (TPSA) is 128 Å². The highest BCUT2D eigenvalue weighted by molar-refractivity contribution is 5.81. The van der Waals surface area contributed by atoms with Gasteiger partial charge in [-0.2, -0.15) is 0 Å². The number of hydrogen-bond acceptors (Lipinski definition) is 7. The molecule has 10 nitrogen and oxygen atoms in total. The number of likely N-dealkylation sites (N-methyl/N-ethyl adjacent to an activating group) is 1. The zero-order chi connectivity index (χ0) is 23.1. The fraction of sp³-hybridized carbons (Fsp3) is 0.435. The number of carbonyl (C=O) groups excluding carboxylic acids is 1. The van der Waals surface area contributed by atoms with E-state index in [9.17, 15) is 9.90 Å². The maximum absolute atomic E-state index is 13.1. The number of aliphatic hydroxyl groups excluding tert-OH is 1. The largest absolute Gasteiger partial charge is 0.389 e. The zero-order valence-electron chi connectivity index (χ0n) is 18.8. The summed E-state index contributed by atoms with van der Waals surface area (Å²) in [4.78, 5) is 32.0. The number of anilines is 1. The number of aromatic nitrogens is 6. The Kier molecular flexibility index (Phi) is 5.45. The molecule has 1 fully saturated rings. The lowest BCUT2D eigenvalue weighted by Gasteiger charge is -2.40. The second kappa shape index (κ2) is 8.43. The number of nitrogen functional groups attached to an aromatic ring is 1. The second-order valence-corrected chi connectivity index (χ2v) is 8.69. The van der Waals surface area contributed by atoms with Crippen LogP contribution in [0.15, 0.2) is 36.9 Å². The number of hydrogen-bond donors (Lipinski definition) is 2. The highest BCUT2D eigenvalue weighted by atomic mass is 16.3. The van der Waals surface area contributed by atoms with E-state index in [-0.39, 0.29) is 18.0 Å². The number of benzene rings is 1. The average molecular weight is 449 g/mol. The molecule has 1 amide bonds. The molecular formula is C23H28N8O2. The van der Waals surface area contributed by atoms with Crippen LogP contribution in [0.5, 0.6) is 0 Å². The van der Waals surface area contributed by atoms with Gasteiger partial charge in [0.1, 0.15) is 17.7 Å². The van der Waals surface area contributed by atoms with E-state index in [0.717, 1.165) is 36.1 Å². The van der Waals surface area contributed by atoms with Gasteiger partial charge in [-0.05, 0) is 38.3 Å². The quantitative estimate of drug-likeness (QED) is 0.478. The number of carbonyl (C=O) groups is 1. The molecule has 4 aromatic rings. The van der Waals surface area contributed by atoms with Crippen molar-refractivity contribution in [3.05, 3.63) is 42.7 Å². The minimum Gasteiger partial charge on any atom is -0.389 e. The number of amides is 1. The molecule has 1 aliphatic carbocycles. The monoisotopic (exact) mass is 448 g/mol. The number of rotatable bonds is 5. The first-order valence-corrected chi connectivity index (χ1v) is 11.2. The van der Waals surface area contributed by atoms with Gasteiger partial charge in [-0.3, -0.25) is 4.79 Å². The van der Waals surface area contributed by atoms with E-state index in [2.05, 4.69) is 24.5 Å². The number of nitrogens with zero attached hydrogens (tertiary/aromatic N) is 7. The SMILES string of the molecule is Cc1nc2ccccc2n1CCC(=O)N(C)[C@H]1CCC[C@H](n2cnc3c(N)ncnc32)[C@H]1O. The standard InChI is InChI=1S/C23H28N8O2/c1-14-28-15-6-3-4-7-16(15)30(14)11-10-19(32)29(2)17-8-5-9-18(21(17)33)31-13-27-20-22(24)25-12-26-23(20)31/h3-4,6-7,12-13,17-18,21,33H,5,8-11H2,1-2H3,(H2,24,25,26)/t17-,18-,21-/m0/s1. The van der Waals surface area contributed by atoms with Gasteiger partial charge in [-0.25, -0.2) is 19.9 Å².